The highest BCUT2D eigenvalue weighted by atomic mass is 79.9. The molecule has 1 amide bonds. The maximum absolute atomic E-state index is 11.5. The van der Waals surface area contributed by atoms with Crippen molar-refractivity contribution in [1.29, 1.82) is 0 Å². The quantitative estimate of drug-likeness (QED) is 0.846. The Bertz CT molecular complexity index is 400. The molecule has 0 aliphatic carbocycles. The molecule has 1 aromatic heterocycles. The van der Waals surface area contributed by atoms with Gasteiger partial charge >= 0.3 is 5.97 Å². The number of hydrogen-bond donors (Lipinski definition) is 1. The van der Waals surface area contributed by atoms with Crippen LogP contribution >= 0.6 is 15.9 Å². The molecular formula is C11H14BrNO4. The molecular weight excluding hydrogens is 290 g/mol. The van der Waals surface area contributed by atoms with Gasteiger partial charge in [0.2, 0.25) is 0 Å². The van der Waals surface area contributed by atoms with Crippen molar-refractivity contribution in [2.45, 2.75) is 26.4 Å². The summed E-state index contributed by atoms with van der Waals surface area (Å²) in [6, 6.07) is 3.17. The normalized spacial score (nSPS) is 10.4. The molecule has 0 aromatic carbocycles. The molecule has 1 aromatic rings. The molecule has 0 fully saturated rings. The molecule has 0 atom stereocenters. The molecule has 1 rings (SSSR count). The van der Waals surface area contributed by atoms with Crippen molar-refractivity contribution in [3.05, 3.63) is 22.6 Å². The second-order valence-electron chi connectivity index (χ2n) is 3.65. The van der Waals surface area contributed by atoms with E-state index in [0.29, 0.717) is 4.67 Å². The first-order chi connectivity index (χ1) is 7.99. The highest BCUT2D eigenvalue weighted by Crippen LogP contribution is 2.13. The van der Waals surface area contributed by atoms with Gasteiger partial charge in [-0.1, -0.05) is 0 Å². The molecule has 0 aliphatic heterocycles. The van der Waals surface area contributed by atoms with Crippen molar-refractivity contribution in [2.24, 2.45) is 0 Å². The van der Waals surface area contributed by atoms with Crippen molar-refractivity contribution in [3.63, 3.8) is 0 Å². The van der Waals surface area contributed by atoms with Gasteiger partial charge in [0.05, 0.1) is 12.5 Å². The summed E-state index contributed by atoms with van der Waals surface area (Å²) in [4.78, 5) is 22.7. The van der Waals surface area contributed by atoms with Crippen LogP contribution in [-0.2, 0) is 9.53 Å². The van der Waals surface area contributed by atoms with E-state index in [1.54, 1.807) is 26.0 Å². The van der Waals surface area contributed by atoms with Gasteiger partial charge in [-0.25, -0.2) is 0 Å². The third kappa shape index (κ3) is 5.04. The monoisotopic (exact) mass is 303 g/mol. The van der Waals surface area contributed by atoms with E-state index in [1.807, 2.05) is 0 Å². The van der Waals surface area contributed by atoms with Crippen molar-refractivity contribution in [3.8, 4) is 0 Å². The zero-order valence-corrected chi connectivity index (χ0v) is 11.2. The first kappa shape index (κ1) is 13.8. The molecule has 0 radical (unpaired) electrons. The lowest BCUT2D eigenvalue weighted by molar-refractivity contribution is -0.147. The fourth-order valence-electron chi connectivity index (χ4n) is 1.12. The average Bonchev–Trinajstić information content (AvgIpc) is 2.63. The van der Waals surface area contributed by atoms with Gasteiger partial charge in [-0.15, -0.1) is 0 Å². The summed E-state index contributed by atoms with van der Waals surface area (Å²) >= 11 is 3.10. The first-order valence-electron chi connectivity index (χ1n) is 5.22. The SMILES string of the molecule is CC(C)OC(=O)CCNC(=O)c1ccc(Br)o1. The number of halogens is 1. The van der Waals surface area contributed by atoms with Crippen LogP contribution in [0.2, 0.25) is 0 Å². The van der Waals surface area contributed by atoms with Crippen LogP contribution in [0.4, 0.5) is 0 Å². The molecule has 0 saturated heterocycles. The lowest BCUT2D eigenvalue weighted by Gasteiger charge is -2.07. The van der Waals surface area contributed by atoms with Crippen LogP contribution in [0.3, 0.4) is 0 Å². The number of esters is 1. The van der Waals surface area contributed by atoms with Gasteiger partial charge in [0.15, 0.2) is 10.4 Å². The zero-order valence-electron chi connectivity index (χ0n) is 9.66. The van der Waals surface area contributed by atoms with Crippen LogP contribution in [0.15, 0.2) is 21.2 Å². The summed E-state index contributed by atoms with van der Waals surface area (Å²) < 4.78 is 10.5. The standard InChI is InChI=1S/C11H14BrNO4/c1-7(2)16-10(14)5-6-13-11(15)8-3-4-9(12)17-8/h3-4,7H,5-6H2,1-2H3,(H,13,15). The highest BCUT2D eigenvalue weighted by molar-refractivity contribution is 9.10. The van der Waals surface area contributed by atoms with Crippen molar-refractivity contribution < 1.29 is 18.7 Å². The Morgan fingerprint density at radius 3 is 2.71 bits per heavy atom. The largest absolute Gasteiger partial charge is 0.463 e. The van der Waals surface area contributed by atoms with Crippen LogP contribution in [0.5, 0.6) is 0 Å². The molecule has 0 aliphatic rings. The molecule has 94 valence electrons. The summed E-state index contributed by atoms with van der Waals surface area (Å²) in [6.07, 6.45) is 0.00504. The van der Waals surface area contributed by atoms with Crippen molar-refractivity contribution in [2.75, 3.05) is 6.54 Å². The molecule has 0 saturated carbocycles. The van der Waals surface area contributed by atoms with Crippen molar-refractivity contribution >= 4 is 27.8 Å². The smallest absolute Gasteiger partial charge is 0.307 e. The minimum atomic E-state index is -0.354. The zero-order chi connectivity index (χ0) is 12.8. The highest BCUT2D eigenvalue weighted by Gasteiger charge is 2.11. The summed E-state index contributed by atoms with van der Waals surface area (Å²) in [7, 11) is 0. The minimum absolute atomic E-state index is 0.140. The van der Waals surface area contributed by atoms with Crippen LogP contribution in [0, 0.1) is 0 Å². The van der Waals surface area contributed by atoms with E-state index in [1.165, 1.54) is 0 Å². The number of ether oxygens (including phenoxy) is 1. The average molecular weight is 304 g/mol. The van der Waals surface area contributed by atoms with E-state index in [9.17, 15) is 9.59 Å². The Hall–Kier alpha value is -1.30. The van der Waals surface area contributed by atoms with Crippen LogP contribution in [-0.4, -0.2) is 24.5 Å². The molecule has 6 heteroatoms. The third-order valence-corrected chi connectivity index (χ3v) is 2.21. The van der Waals surface area contributed by atoms with Gasteiger partial charge < -0.3 is 14.5 Å². The summed E-state index contributed by atoms with van der Waals surface area (Å²) in [5.74, 6) is -0.483. The van der Waals surface area contributed by atoms with Crippen LogP contribution < -0.4 is 5.32 Å². The predicted octanol–water partition coefficient (Wildman–Crippen LogP) is 2.11. The molecule has 0 unspecified atom stereocenters. The van der Waals surface area contributed by atoms with Gasteiger partial charge in [-0.05, 0) is 41.9 Å². The number of rotatable bonds is 5. The lowest BCUT2D eigenvalue weighted by atomic mass is 10.4. The van der Waals surface area contributed by atoms with Gasteiger partial charge in [0, 0.05) is 6.54 Å². The lowest BCUT2D eigenvalue weighted by Crippen LogP contribution is -2.26. The molecule has 17 heavy (non-hydrogen) atoms. The minimum Gasteiger partial charge on any atom is -0.463 e. The van der Waals surface area contributed by atoms with Gasteiger partial charge in [0.1, 0.15) is 0 Å². The number of amides is 1. The Morgan fingerprint density at radius 2 is 2.18 bits per heavy atom. The van der Waals surface area contributed by atoms with E-state index in [0.717, 1.165) is 0 Å². The number of carbonyl (C=O) groups excluding carboxylic acids is 2. The van der Waals surface area contributed by atoms with E-state index in [2.05, 4.69) is 21.2 Å². The third-order valence-electron chi connectivity index (χ3n) is 1.78. The fourth-order valence-corrected chi connectivity index (χ4v) is 1.43. The number of hydrogen-bond acceptors (Lipinski definition) is 4. The second-order valence-corrected chi connectivity index (χ2v) is 4.43. The molecule has 1 N–H and O–H groups in total. The van der Waals surface area contributed by atoms with E-state index in [-0.39, 0.29) is 36.7 Å². The van der Waals surface area contributed by atoms with Crippen LogP contribution in [0.25, 0.3) is 0 Å². The Labute approximate surface area is 108 Å². The molecule has 0 spiro atoms. The van der Waals surface area contributed by atoms with Gasteiger partial charge in [-0.2, -0.15) is 0 Å². The molecule has 5 nitrogen and oxygen atoms in total. The number of furan rings is 1. The Morgan fingerprint density at radius 1 is 1.47 bits per heavy atom. The van der Waals surface area contributed by atoms with Gasteiger partial charge in [-0.3, -0.25) is 9.59 Å². The van der Waals surface area contributed by atoms with Crippen LogP contribution in [0.1, 0.15) is 30.8 Å². The van der Waals surface area contributed by atoms with E-state index >= 15 is 0 Å². The molecule has 1 heterocycles. The Kier molecular flexibility index (Phi) is 5.21. The topological polar surface area (TPSA) is 68.5 Å². The number of carbonyl (C=O) groups is 2. The first-order valence-corrected chi connectivity index (χ1v) is 6.01. The van der Waals surface area contributed by atoms with E-state index in [4.69, 9.17) is 9.15 Å². The number of nitrogens with one attached hydrogen (secondary N) is 1. The summed E-state index contributed by atoms with van der Waals surface area (Å²) in [5.41, 5.74) is 0. The molecule has 0 bridgehead atoms. The second kappa shape index (κ2) is 6.44. The van der Waals surface area contributed by atoms with E-state index < -0.39 is 0 Å². The maximum Gasteiger partial charge on any atom is 0.307 e. The van der Waals surface area contributed by atoms with Gasteiger partial charge in [0.25, 0.3) is 5.91 Å². The fraction of sp³-hybridized carbons (Fsp3) is 0.455. The summed E-state index contributed by atoms with van der Waals surface area (Å²) in [5, 5.41) is 2.56. The Balaban J connectivity index is 2.27. The predicted molar refractivity (Wildman–Crippen MR) is 64.6 cm³/mol. The summed E-state index contributed by atoms with van der Waals surface area (Å²) in [6.45, 7) is 3.77. The maximum atomic E-state index is 11.5. The van der Waals surface area contributed by atoms with Crippen molar-refractivity contribution in [1.82, 2.24) is 5.32 Å².